The predicted molar refractivity (Wildman–Crippen MR) is 51.1 cm³/mol. The molecule has 0 aliphatic carbocycles. The van der Waals surface area contributed by atoms with E-state index in [0.29, 0.717) is 12.3 Å². The number of nitrogens with two attached hydrogens (primary N) is 1. The number of carbonyl (C=O) groups excluding carboxylic acids is 1. The molecule has 1 aromatic rings. The van der Waals surface area contributed by atoms with Crippen molar-refractivity contribution in [1.82, 2.24) is 4.98 Å². The summed E-state index contributed by atoms with van der Waals surface area (Å²) in [5, 5.41) is 0. The molecule has 13 heavy (non-hydrogen) atoms. The molecule has 0 aliphatic rings. The molecule has 3 heteroatoms. The van der Waals surface area contributed by atoms with Crippen LogP contribution in [-0.2, 0) is 4.79 Å². The molecule has 1 amide bonds. The topological polar surface area (TPSA) is 56.0 Å². The third kappa shape index (κ3) is 3.23. The molecule has 0 radical (unpaired) electrons. The Hall–Kier alpha value is -1.38. The fourth-order valence-electron chi connectivity index (χ4n) is 1.17. The number of nitrogens with zero attached hydrogens (tertiary/aromatic N) is 1. The third-order valence-corrected chi connectivity index (χ3v) is 2.02. The molecular weight excluding hydrogens is 164 g/mol. The van der Waals surface area contributed by atoms with Crippen LogP contribution in [0.2, 0.25) is 0 Å². The molecule has 1 heterocycles. The maximum Gasteiger partial charge on any atom is 0.217 e. The van der Waals surface area contributed by atoms with E-state index in [2.05, 4.69) is 4.98 Å². The maximum absolute atomic E-state index is 10.5. The summed E-state index contributed by atoms with van der Waals surface area (Å²) in [7, 11) is 0. The van der Waals surface area contributed by atoms with Crippen molar-refractivity contribution in [3.63, 3.8) is 0 Å². The molecule has 3 nitrogen and oxygen atoms in total. The van der Waals surface area contributed by atoms with Crippen molar-refractivity contribution in [2.75, 3.05) is 0 Å². The van der Waals surface area contributed by atoms with Crippen LogP contribution in [-0.4, -0.2) is 10.9 Å². The number of hydrogen-bond acceptors (Lipinski definition) is 2. The number of pyridine rings is 1. The largest absolute Gasteiger partial charge is 0.370 e. The van der Waals surface area contributed by atoms with Crippen LogP contribution < -0.4 is 5.73 Å². The van der Waals surface area contributed by atoms with Gasteiger partial charge in [0.1, 0.15) is 0 Å². The van der Waals surface area contributed by atoms with Crippen molar-refractivity contribution >= 4 is 5.91 Å². The first-order valence-corrected chi connectivity index (χ1v) is 4.39. The van der Waals surface area contributed by atoms with Crippen molar-refractivity contribution in [3.05, 3.63) is 30.1 Å². The second-order valence-electron chi connectivity index (χ2n) is 3.16. The Morgan fingerprint density at radius 2 is 2.38 bits per heavy atom. The lowest BCUT2D eigenvalue weighted by molar-refractivity contribution is -0.118. The molecule has 0 bridgehead atoms. The monoisotopic (exact) mass is 178 g/mol. The lowest BCUT2D eigenvalue weighted by Crippen LogP contribution is -2.11. The zero-order chi connectivity index (χ0) is 9.68. The highest BCUT2D eigenvalue weighted by atomic mass is 16.1. The number of aromatic nitrogens is 1. The lowest BCUT2D eigenvalue weighted by Gasteiger charge is -2.08. The molecule has 1 unspecified atom stereocenters. The molecule has 0 spiro atoms. The number of rotatable bonds is 4. The summed E-state index contributed by atoms with van der Waals surface area (Å²) >= 11 is 0. The zero-order valence-electron chi connectivity index (χ0n) is 7.73. The molecule has 2 N–H and O–H groups in total. The normalized spacial score (nSPS) is 12.4. The summed E-state index contributed by atoms with van der Waals surface area (Å²) in [4.78, 5) is 14.7. The Bertz CT molecular complexity index is 272. The number of amides is 1. The molecule has 1 rings (SSSR count). The summed E-state index contributed by atoms with van der Waals surface area (Å²) in [5.41, 5.74) is 6.08. The van der Waals surface area contributed by atoms with E-state index in [1.165, 1.54) is 0 Å². The Morgan fingerprint density at radius 3 is 2.92 bits per heavy atom. The minimum absolute atomic E-state index is 0.247. The first-order valence-electron chi connectivity index (χ1n) is 4.39. The zero-order valence-corrected chi connectivity index (χ0v) is 7.73. The average Bonchev–Trinajstić information content (AvgIpc) is 2.15. The molecule has 0 fully saturated rings. The molecule has 0 aliphatic heterocycles. The molecule has 1 atom stereocenters. The molecule has 0 saturated carbocycles. The fraction of sp³-hybridized carbons (Fsp3) is 0.400. The average molecular weight is 178 g/mol. The minimum Gasteiger partial charge on any atom is -0.370 e. The summed E-state index contributed by atoms with van der Waals surface area (Å²) in [6.07, 6.45) is 2.96. The van der Waals surface area contributed by atoms with Crippen molar-refractivity contribution in [1.29, 1.82) is 0 Å². The summed E-state index contributed by atoms with van der Waals surface area (Å²) < 4.78 is 0. The van der Waals surface area contributed by atoms with Crippen LogP contribution >= 0.6 is 0 Å². The van der Waals surface area contributed by atoms with Crippen LogP contribution in [0.3, 0.4) is 0 Å². The predicted octanol–water partition coefficient (Wildman–Crippen LogP) is 1.45. The minimum atomic E-state index is -0.247. The first-order chi connectivity index (χ1) is 6.20. The highest BCUT2D eigenvalue weighted by molar-refractivity contribution is 5.73. The Balaban J connectivity index is 2.49. The summed E-state index contributed by atoms with van der Waals surface area (Å²) in [5.74, 6) is 0.0523. The number of primary amides is 1. The van der Waals surface area contributed by atoms with Crippen LogP contribution in [0.5, 0.6) is 0 Å². The molecule has 0 aromatic carbocycles. The smallest absolute Gasteiger partial charge is 0.217 e. The van der Waals surface area contributed by atoms with Gasteiger partial charge >= 0.3 is 0 Å². The van der Waals surface area contributed by atoms with Gasteiger partial charge in [0.2, 0.25) is 5.91 Å². The maximum atomic E-state index is 10.5. The van der Waals surface area contributed by atoms with Gasteiger partial charge in [-0.1, -0.05) is 13.0 Å². The van der Waals surface area contributed by atoms with Gasteiger partial charge in [0.05, 0.1) is 0 Å². The quantitative estimate of drug-likeness (QED) is 0.758. The second-order valence-corrected chi connectivity index (χ2v) is 3.16. The third-order valence-electron chi connectivity index (χ3n) is 2.02. The van der Waals surface area contributed by atoms with Crippen LogP contribution in [0.15, 0.2) is 24.4 Å². The first kappa shape index (κ1) is 9.71. The van der Waals surface area contributed by atoms with E-state index in [-0.39, 0.29) is 5.91 Å². The number of hydrogen-bond donors (Lipinski definition) is 1. The van der Waals surface area contributed by atoms with Crippen LogP contribution in [0.25, 0.3) is 0 Å². The lowest BCUT2D eigenvalue weighted by atomic mass is 10.0. The van der Waals surface area contributed by atoms with Crippen molar-refractivity contribution in [3.8, 4) is 0 Å². The fourth-order valence-corrected chi connectivity index (χ4v) is 1.17. The Morgan fingerprint density at radius 1 is 1.62 bits per heavy atom. The van der Waals surface area contributed by atoms with Crippen molar-refractivity contribution in [2.45, 2.75) is 25.7 Å². The molecular formula is C10H14N2O. The standard InChI is InChI=1S/C10H14N2O/c1-8(5-6-10(11)13)9-4-2-3-7-12-9/h2-4,7-8H,5-6H2,1H3,(H2,11,13). The molecule has 1 aromatic heterocycles. The highest BCUT2D eigenvalue weighted by Gasteiger charge is 2.07. The van der Waals surface area contributed by atoms with Gasteiger partial charge in [0, 0.05) is 18.3 Å². The Kier molecular flexibility index (Phi) is 3.43. The van der Waals surface area contributed by atoms with Gasteiger partial charge in [-0.15, -0.1) is 0 Å². The van der Waals surface area contributed by atoms with Gasteiger partial charge in [-0.25, -0.2) is 0 Å². The Labute approximate surface area is 78.0 Å². The van der Waals surface area contributed by atoms with E-state index < -0.39 is 0 Å². The summed E-state index contributed by atoms with van der Waals surface area (Å²) in [6, 6.07) is 5.79. The number of carbonyl (C=O) groups is 1. The van der Waals surface area contributed by atoms with Gasteiger partial charge in [0.25, 0.3) is 0 Å². The summed E-state index contributed by atoms with van der Waals surface area (Å²) in [6.45, 7) is 2.05. The second kappa shape index (κ2) is 4.60. The van der Waals surface area contributed by atoms with Gasteiger partial charge in [-0.2, -0.15) is 0 Å². The van der Waals surface area contributed by atoms with E-state index in [9.17, 15) is 4.79 Å². The van der Waals surface area contributed by atoms with Gasteiger partial charge in [-0.3, -0.25) is 9.78 Å². The van der Waals surface area contributed by atoms with Gasteiger partial charge in [0.15, 0.2) is 0 Å². The SMILES string of the molecule is CC(CCC(N)=O)c1ccccn1. The van der Waals surface area contributed by atoms with Crippen LogP contribution in [0, 0.1) is 0 Å². The van der Waals surface area contributed by atoms with E-state index >= 15 is 0 Å². The van der Waals surface area contributed by atoms with Crippen molar-refractivity contribution in [2.24, 2.45) is 5.73 Å². The van der Waals surface area contributed by atoms with E-state index in [1.807, 2.05) is 25.1 Å². The van der Waals surface area contributed by atoms with E-state index in [4.69, 9.17) is 5.73 Å². The van der Waals surface area contributed by atoms with E-state index in [0.717, 1.165) is 12.1 Å². The molecule has 0 saturated heterocycles. The highest BCUT2D eigenvalue weighted by Crippen LogP contribution is 2.17. The van der Waals surface area contributed by atoms with Crippen LogP contribution in [0.1, 0.15) is 31.4 Å². The van der Waals surface area contributed by atoms with E-state index in [1.54, 1.807) is 6.20 Å². The molecule has 70 valence electrons. The van der Waals surface area contributed by atoms with Crippen molar-refractivity contribution < 1.29 is 4.79 Å². The van der Waals surface area contributed by atoms with Gasteiger partial charge in [-0.05, 0) is 24.5 Å². The van der Waals surface area contributed by atoms with Crippen LogP contribution in [0.4, 0.5) is 0 Å². The van der Waals surface area contributed by atoms with Gasteiger partial charge < -0.3 is 5.73 Å².